The van der Waals surface area contributed by atoms with E-state index < -0.39 is 48.6 Å². The Bertz CT molecular complexity index is 1070. The molecule has 0 atom stereocenters. The molecule has 0 radical (unpaired) electrons. The van der Waals surface area contributed by atoms with Crippen LogP contribution in [-0.2, 0) is 14.8 Å². The molecular formula is C15H15N5O8S. The van der Waals surface area contributed by atoms with Gasteiger partial charge in [-0.2, -0.15) is 0 Å². The normalized spacial score (nSPS) is 10.8. The average molecular weight is 425 g/mol. The molecule has 3 N–H and O–H groups in total. The van der Waals surface area contributed by atoms with Crippen LogP contribution in [-0.4, -0.2) is 37.8 Å². The molecule has 14 heteroatoms. The second-order valence-electron chi connectivity index (χ2n) is 5.42. The molecule has 154 valence electrons. The molecule has 0 fully saturated rings. The Morgan fingerprint density at radius 3 is 2.38 bits per heavy atom. The van der Waals surface area contributed by atoms with E-state index in [9.17, 15) is 33.4 Å². The van der Waals surface area contributed by atoms with E-state index in [0.717, 1.165) is 30.3 Å². The Morgan fingerprint density at radius 2 is 1.83 bits per heavy atom. The third-order valence-corrected chi connectivity index (χ3v) is 5.53. The number of methoxy groups -OCH3 is 1. The van der Waals surface area contributed by atoms with Gasteiger partial charge in [0.1, 0.15) is 18.0 Å². The lowest BCUT2D eigenvalue weighted by molar-refractivity contribution is -0.387. The zero-order chi connectivity index (χ0) is 21.8. The predicted molar refractivity (Wildman–Crippen MR) is 99.6 cm³/mol. The molecule has 0 unspecified atom stereocenters. The van der Waals surface area contributed by atoms with Crippen LogP contribution in [0.15, 0.2) is 47.4 Å². The summed E-state index contributed by atoms with van der Waals surface area (Å²) in [5, 5.41) is 22.4. The van der Waals surface area contributed by atoms with Gasteiger partial charge in [-0.25, -0.2) is 14.3 Å². The van der Waals surface area contributed by atoms with Crippen LogP contribution < -0.4 is 20.3 Å². The molecule has 0 aliphatic rings. The van der Waals surface area contributed by atoms with Crippen molar-refractivity contribution < 1.29 is 27.8 Å². The zero-order valence-corrected chi connectivity index (χ0v) is 15.7. The van der Waals surface area contributed by atoms with E-state index in [2.05, 4.69) is 0 Å². The molecule has 2 aromatic carbocycles. The number of sulfonamides is 1. The summed E-state index contributed by atoms with van der Waals surface area (Å²) >= 11 is 0. The maximum atomic E-state index is 13.2. The zero-order valence-electron chi connectivity index (χ0n) is 14.8. The SMILES string of the molecule is COc1ccc([N+](=O)[O-])cc1N(CC(=O)NN)S(=O)(=O)c1ccccc1[N+](=O)[O-]. The van der Waals surface area contributed by atoms with E-state index >= 15 is 0 Å². The summed E-state index contributed by atoms with van der Waals surface area (Å²) in [6.07, 6.45) is 0. The maximum Gasteiger partial charge on any atom is 0.289 e. The minimum atomic E-state index is -4.74. The van der Waals surface area contributed by atoms with E-state index in [-0.39, 0.29) is 11.4 Å². The molecule has 2 rings (SSSR count). The molecule has 0 aromatic heterocycles. The Morgan fingerprint density at radius 1 is 1.17 bits per heavy atom. The van der Waals surface area contributed by atoms with Crippen molar-refractivity contribution in [2.75, 3.05) is 18.0 Å². The predicted octanol–water partition coefficient (Wildman–Crippen LogP) is 0.697. The van der Waals surface area contributed by atoms with Crippen LogP contribution in [0.1, 0.15) is 0 Å². The molecule has 1 amide bonds. The minimum Gasteiger partial charge on any atom is -0.495 e. The first-order valence-corrected chi connectivity index (χ1v) is 9.15. The number of nitro benzene ring substituents is 2. The smallest absolute Gasteiger partial charge is 0.289 e. The fraction of sp³-hybridized carbons (Fsp3) is 0.133. The number of ether oxygens (including phenoxy) is 1. The van der Waals surface area contributed by atoms with Crippen molar-refractivity contribution in [1.29, 1.82) is 0 Å². The van der Waals surface area contributed by atoms with Crippen molar-refractivity contribution in [3.63, 3.8) is 0 Å². The van der Waals surface area contributed by atoms with Crippen LogP contribution in [0.4, 0.5) is 17.1 Å². The third kappa shape index (κ3) is 4.39. The summed E-state index contributed by atoms with van der Waals surface area (Å²) in [6.45, 7) is -0.914. The largest absolute Gasteiger partial charge is 0.495 e. The topological polar surface area (TPSA) is 188 Å². The van der Waals surface area contributed by atoms with Crippen LogP contribution in [0.2, 0.25) is 0 Å². The quantitative estimate of drug-likeness (QED) is 0.265. The highest BCUT2D eigenvalue weighted by Gasteiger charge is 2.35. The van der Waals surface area contributed by atoms with Crippen molar-refractivity contribution >= 4 is 33.0 Å². The molecular weight excluding hydrogens is 410 g/mol. The average Bonchev–Trinajstić information content (AvgIpc) is 2.70. The Hall–Kier alpha value is -3.78. The number of nitrogens with zero attached hydrogens (tertiary/aromatic N) is 3. The van der Waals surface area contributed by atoms with Crippen molar-refractivity contribution in [3.8, 4) is 5.75 Å². The summed E-state index contributed by atoms with van der Waals surface area (Å²) in [6, 6.07) is 7.54. The summed E-state index contributed by atoms with van der Waals surface area (Å²) < 4.78 is 32.0. The highest BCUT2D eigenvalue weighted by atomic mass is 32.2. The van der Waals surface area contributed by atoms with Crippen LogP contribution in [0.3, 0.4) is 0 Å². The number of amides is 1. The lowest BCUT2D eigenvalue weighted by Crippen LogP contribution is -2.43. The van der Waals surface area contributed by atoms with Crippen molar-refractivity contribution in [1.82, 2.24) is 5.43 Å². The summed E-state index contributed by atoms with van der Waals surface area (Å²) in [4.78, 5) is 31.9. The Kier molecular flexibility index (Phi) is 6.30. The van der Waals surface area contributed by atoms with Gasteiger partial charge in [0.05, 0.1) is 17.0 Å². The van der Waals surface area contributed by atoms with Gasteiger partial charge in [0.2, 0.25) is 0 Å². The van der Waals surface area contributed by atoms with Crippen LogP contribution in [0.5, 0.6) is 5.75 Å². The Balaban J connectivity index is 2.79. The highest BCUT2D eigenvalue weighted by molar-refractivity contribution is 7.93. The number of anilines is 1. The molecule has 2 aromatic rings. The van der Waals surface area contributed by atoms with Crippen LogP contribution >= 0.6 is 0 Å². The third-order valence-electron chi connectivity index (χ3n) is 3.72. The van der Waals surface area contributed by atoms with Gasteiger partial charge in [0.25, 0.3) is 27.3 Å². The highest BCUT2D eigenvalue weighted by Crippen LogP contribution is 2.37. The number of carbonyl (C=O) groups excluding carboxylic acids is 1. The van der Waals surface area contributed by atoms with Gasteiger partial charge >= 0.3 is 0 Å². The summed E-state index contributed by atoms with van der Waals surface area (Å²) in [5.74, 6) is 3.94. The van der Waals surface area contributed by atoms with Crippen LogP contribution in [0.25, 0.3) is 0 Å². The van der Waals surface area contributed by atoms with E-state index in [0.29, 0.717) is 4.31 Å². The first kappa shape index (κ1) is 21.5. The van der Waals surface area contributed by atoms with E-state index in [1.807, 2.05) is 0 Å². The number of hydrogen-bond donors (Lipinski definition) is 2. The number of non-ortho nitro benzene ring substituents is 1. The lowest BCUT2D eigenvalue weighted by Gasteiger charge is -2.25. The first-order chi connectivity index (χ1) is 13.6. The second-order valence-corrected chi connectivity index (χ2v) is 7.25. The van der Waals surface area contributed by atoms with Gasteiger partial charge < -0.3 is 4.74 Å². The maximum absolute atomic E-state index is 13.2. The first-order valence-electron chi connectivity index (χ1n) is 7.71. The van der Waals surface area contributed by atoms with E-state index in [1.54, 1.807) is 5.43 Å². The number of nitrogens with two attached hydrogens (primary N) is 1. The number of nitrogens with one attached hydrogen (secondary N) is 1. The molecule has 29 heavy (non-hydrogen) atoms. The fourth-order valence-electron chi connectivity index (χ4n) is 2.41. The molecule has 0 aliphatic heterocycles. The lowest BCUT2D eigenvalue weighted by atomic mass is 10.2. The summed E-state index contributed by atoms with van der Waals surface area (Å²) in [5.41, 5.74) is 0.146. The fourth-order valence-corrected chi connectivity index (χ4v) is 3.99. The minimum absolute atomic E-state index is 0.123. The molecule has 13 nitrogen and oxygen atoms in total. The van der Waals surface area contributed by atoms with Gasteiger partial charge in [-0.15, -0.1) is 0 Å². The number of nitro groups is 2. The van der Waals surface area contributed by atoms with Gasteiger partial charge in [-0.05, 0) is 12.1 Å². The molecule has 0 aliphatic carbocycles. The molecule has 0 bridgehead atoms. The van der Waals surface area contributed by atoms with Gasteiger partial charge in [-0.3, -0.25) is 34.8 Å². The van der Waals surface area contributed by atoms with Crippen molar-refractivity contribution in [2.45, 2.75) is 4.90 Å². The van der Waals surface area contributed by atoms with Crippen LogP contribution in [0, 0.1) is 20.2 Å². The molecule has 0 heterocycles. The van der Waals surface area contributed by atoms with Crippen molar-refractivity contribution in [2.24, 2.45) is 5.84 Å². The number of benzene rings is 2. The van der Waals surface area contributed by atoms with Gasteiger partial charge in [0.15, 0.2) is 4.90 Å². The standard InChI is InChI=1S/C15H15N5O8S/c1-28-13-7-6-10(19(22)23)8-12(13)18(9-15(21)17-16)29(26,27)14-5-3-2-4-11(14)20(24)25/h2-8H,9,16H2,1H3,(H,17,21). The second kappa shape index (κ2) is 8.49. The number of hydrogen-bond acceptors (Lipinski definition) is 9. The number of rotatable bonds is 8. The molecule has 0 spiro atoms. The number of carbonyl (C=O) groups is 1. The molecule has 0 saturated heterocycles. The van der Waals surface area contributed by atoms with Gasteiger partial charge in [-0.1, -0.05) is 12.1 Å². The van der Waals surface area contributed by atoms with Gasteiger partial charge in [0, 0.05) is 18.2 Å². The number of hydrazine groups is 1. The molecule has 0 saturated carbocycles. The monoisotopic (exact) mass is 425 g/mol. The summed E-state index contributed by atoms with van der Waals surface area (Å²) in [7, 11) is -3.55. The van der Waals surface area contributed by atoms with Crippen molar-refractivity contribution in [3.05, 3.63) is 62.7 Å². The van der Waals surface area contributed by atoms with E-state index in [1.165, 1.54) is 19.2 Å². The van der Waals surface area contributed by atoms with E-state index in [4.69, 9.17) is 10.6 Å². The number of para-hydroxylation sites is 1. The Labute approximate surface area is 164 Å².